The molecule has 0 spiro atoms. The van der Waals surface area contributed by atoms with E-state index in [9.17, 15) is 0 Å². The largest absolute Gasteiger partial charge is 0.206 e. The summed E-state index contributed by atoms with van der Waals surface area (Å²) in [4.78, 5) is 0. The summed E-state index contributed by atoms with van der Waals surface area (Å²) in [5.41, 5.74) is 8.44. The first-order valence-electron chi connectivity index (χ1n) is 16.6. The van der Waals surface area contributed by atoms with Crippen LogP contribution in [0.4, 0.5) is 8.78 Å². The Balaban J connectivity index is 1.41. The zero-order valence-corrected chi connectivity index (χ0v) is 27.9. The van der Waals surface area contributed by atoms with Gasteiger partial charge in [-0.05, 0) is 68.9 Å². The highest BCUT2D eigenvalue weighted by Gasteiger charge is 2.26. The molecule has 9 rings (SSSR count). The molecule has 6 heteroatoms. The zero-order chi connectivity index (χ0) is 34.3. The maximum absolute atomic E-state index is 15.9. The van der Waals surface area contributed by atoms with E-state index in [1.807, 2.05) is 24.3 Å². The summed E-state index contributed by atoms with van der Waals surface area (Å²) in [5, 5.41) is 15.4. The lowest BCUT2D eigenvalue weighted by atomic mass is 9.84. The van der Waals surface area contributed by atoms with Gasteiger partial charge < -0.3 is 0 Å². The molecule has 2 aromatic heterocycles. The van der Waals surface area contributed by atoms with Crippen molar-refractivity contribution in [1.29, 1.82) is 0 Å². The lowest BCUT2D eigenvalue weighted by Crippen LogP contribution is -2.03. The van der Waals surface area contributed by atoms with Gasteiger partial charge in [-0.2, -0.15) is 0 Å². The number of rotatable bonds is 6. The van der Waals surface area contributed by atoms with Crippen molar-refractivity contribution in [3.63, 3.8) is 0 Å². The number of hydrogen-bond donors (Lipinski definition) is 0. The van der Waals surface area contributed by atoms with E-state index < -0.39 is 11.6 Å². The third kappa shape index (κ3) is 5.28. The molecule has 51 heavy (non-hydrogen) atoms. The van der Waals surface area contributed by atoms with Gasteiger partial charge in [0, 0.05) is 42.4 Å². The van der Waals surface area contributed by atoms with Gasteiger partial charge in [0.15, 0.2) is 0 Å². The smallest absolute Gasteiger partial charge is 0.132 e. The molecule has 242 valence electrons. The molecule has 0 fully saturated rings. The molecule has 7 aromatic carbocycles. The SMILES string of the molecule is Fc1ccccc1-c1nnnc(-c2ccccc2-c2c(-c3ccccc3-c3ccccc3)ccc3sc4ccccc4c23)c1-c1ccccc1F. The van der Waals surface area contributed by atoms with Crippen molar-refractivity contribution in [1.82, 2.24) is 15.4 Å². The van der Waals surface area contributed by atoms with Crippen LogP contribution in [0.2, 0.25) is 0 Å². The summed E-state index contributed by atoms with van der Waals surface area (Å²) in [5.74, 6) is -0.948. The lowest BCUT2D eigenvalue weighted by molar-refractivity contribution is 0.628. The minimum absolute atomic E-state index is 0.215. The van der Waals surface area contributed by atoms with Gasteiger partial charge in [-0.25, -0.2) is 8.78 Å². The highest BCUT2D eigenvalue weighted by Crippen LogP contribution is 2.50. The maximum atomic E-state index is 15.9. The van der Waals surface area contributed by atoms with Crippen LogP contribution in [0.15, 0.2) is 164 Å². The van der Waals surface area contributed by atoms with E-state index in [1.54, 1.807) is 47.7 Å². The van der Waals surface area contributed by atoms with Crippen LogP contribution in [0.3, 0.4) is 0 Å². The van der Waals surface area contributed by atoms with Crippen LogP contribution in [0.1, 0.15) is 0 Å². The van der Waals surface area contributed by atoms with Crippen molar-refractivity contribution >= 4 is 31.5 Å². The molecule has 0 aliphatic heterocycles. The number of hydrogen-bond acceptors (Lipinski definition) is 4. The predicted octanol–water partition coefficient (Wildman–Crippen LogP) is 12.5. The van der Waals surface area contributed by atoms with Gasteiger partial charge in [0.2, 0.25) is 0 Å². The van der Waals surface area contributed by atoms with E-state index in [2.05, 4.69) is 106 Å². The first-order valence-corrected chi connectivity index (χ1v) is 17.4. The fourth-order valence-corrected chi connectivity index (χ4v) is 8.20. The number of thiophene rings is 1. The number of halogens is 2. The van der Waals surface area contributed by atoms with Gasteiger partial charge in [-0.3, -0.25) is 0 Å². The fraction of sp³-hybridized carbons (Fsp3) is 0. The molecule has 0 aliphatic carbocycles. The van der Waals surface area contributed by atoms with E-state index in [1.165, 1.54) is 16.8 Å². The lowest BCUT2D eigenvalue weighted by Gasteiger charge is -2.20. The van der Waals surface area contributed by atoms with Crippen molar-refractivity contribution in [2.45, 2.75) is 0 Å². The molecule has 3 nitrogen and oxygen atoms in total. The van der Waals surface area contributed by atoms with E-state index in [4.69, 9.17) is 0 Å². The van der Waals surface area contributed by atoms with E-state index in [0.29, 0.717) is 11.3 Å². The molecule has 0 aliphatic rings. The Morgan fingerprint density at radius 2 is 0.922 bits per heavy atom. The molecule has 0 atom stereocenters. The van der Waals surface area contributed by atoms with Gasteiger partial charge in [-0.1, -0.05) is 133 Å². The Morgan fingerprint density at radius 3 is 1.65 bits per heavy atom. The van der Waals surface area contributed by atoms with E-state index in [0.717, 1.165) is 54.4 Å². The minimum atomic E-state index is -0.482. The first-order chi connectivity index (χ1) is 25.2. The molecule has 9 aromatic rings. The third-order valence-electron chi connectivity index (χ3n) is 9.33. The first kappa shape index (κ1) is 30.7. The summed E-state index contributed by atoms with van der Waals surface area (Å²) in [7, 11) is 0. The second-order valence-electron chi connectivity index (χ2n) is 12.2. The van der Waals surface area contributed by atoms with Crippen LogP contribution in [0.25, 0.3) is 87.2 Å². The number of benzene rings is 7. The highest BCUT2D eigenvalue weighted by atomic mass is 32.1. The molecule has 0 saturated carbocycles. The molecule has 0 unspecified atom stereocenters. The highest BCUT2D eigenvalue weighted by molar-refractivity contribution is 7.26. The molecule has 0 N–H and O–H groups in total. The van der Waals surface area contributed by atoms with Gasteiger partial charge >= 0.3 is 0 Å². The Morgan fingerprint density at radius 1 is 0.373 bits per heavy atom. The Kier molecular flexibility index (Phi) is 7.71. The predicted molar refractivity (Wildman–Crippen MR) is 205 cm³/mol. The summed E-state index contributed by atoms with van der Waals surface area (Å²) < 4.78 is 33.7. The Hall–Kier alpha value is -6.37. The number of nitrogens with zero attached hydrogens (tertiary/aromatic N) is 3. The molecule has 0 bridgehead atoms. The monoisotopic (exact) mass is 679 g/mol. The molecule has 0 radical (unpaired) electrons. The van der Waals surface area contributed by atoms with Crippen LogP contribution < -0.4 is 0 Å². The van der Waals surface area contributed by atoms with Crippen molar-refractivity contribution in [3.8, 4) is 67.0 Å². The number of fused-ring (bicyclic) bond motifs is 3. The van der Waals surface area contributed by atoms with Gasteiger partial charge in [0.1, 0.15) is 23.0 Å². The van der Waals surface area contributed by atoms with Crippen LogP contribution in [0.5, 0.6) is 0 Å². The average molecular weight is 680 g/mol. The topological polar surface area (TPSA) is 38.7 Å². The van der Waals surface area contributed by atoms with Crippen LogP contribution in [0, 0.1) is 11.6 Å². The summed E-state index contributed by atoms with van der Waals surface area (Å²) >= 11 is 1.75. The minimum Gasteiger partial charge on any atom is -0.206 e. The van der Waals surface area contributed by atoms with Crippen LogP contribution in [-0.2, 0) is 0 Å². The summed E-state index contributed by atoms with van der Waals surface area (Å²) in [6.45, 7) is 0. The van der Waals surface area contributed by atoms with Crippen molar-refractivity contribution < 1.29 is 8.78 Å². The molecule has 2 heterocycles. The molecular weight excluding hydrogens is 653 g/mol. The standard InChI is InChI=1S/C45H27F2N3S/c46-37-23-11-8-20-34(37)43-44(48-50-49-45(43)35-21-9-12-24-38(35)47)33-19-7-6-18-31(33)41-32(26-27-40-42(41)36-22-10-13-25-39(36)51-40)30-17-5-4-16-29(30)28-14-2-1-3-15-28/h1-27H. The number of aromatic nitrogens is 3. The van der Waals surface area contributed by atoms with Crippen molar-refractivity contribution in [3.05, 3.63) is 175 Å². The quantitative estimate of drug-likeness (QED) is 0.176. The summed E-state index contributed by atoms with van der Waals surface area (Å²) in [6.07, 6.45) is 0. The zero-order valence-electron chi connectivity index (χ0n) is 27.1. The van der Waals surface area contributed by atoms with Crippen LogP contribution in [-0.4, -0.2) is 15.4 Å². The molecule has 0 saturated heterocycles. The van der Waals surface area contributed by atoms with E-state index >= 15 is 8.78 Å². The molecule has 0 amide bonds. The van der Waals surface area contributed by atoms with Gasteiger partial charge in [0.05, 0.1) is 0 Å². The third-order valence-corrected chi connectivity index (χ3v) is 10.5. The van der Waals surface area contributed by atoms with Gasteiger partial charge in [-0.15, -0.1) is 21.5 Å². The second kappa shape index (κ2) is 12.8. The van der Waals surface area contributed by atoms with Crippen molar-refractivity contribution in [2.75, 3.05) is 0 Å². The van der Waals surface area contributed by atoms with E-state index in [-0.39, 0.29) is 16.8 Å². The second-order valence-corrected chi connectivity index (χ2v) is 13.3. The van der Waals surface area contributed by atoms with Gasteiger partial charge in [0.25, 0.3) is 0 Å². The normalized spacial score (nSPS) is 11.3. The maximum Gasteiger partial charge on any atom is 0.132 e. The fourth-order valence-electron chi connectivity index (χ4n) is 7.09. The summed E-state index contributed by atoms with van der Waals surface area (Å²) in [6, 6.07) is 52.5. The van der Waals surface area contributed by atoms with Crippen LogP contribution >= 0.6 is 11.3 Å². The Bertz CT molecular complexity index is 2740. The van der Waals surface area contributed by atoms with Crippen molar-refractivity contribution in [2.24, 2.45) is 0 Å². The molecular formula is C45H27F2N3S. The average Bonchev–Trinajstić information content (AvgIpc) is 3.57. The Labute approximate surface area is 297 Å².